The molecule has 0 unspecified atom stereocenters. The third-order valence-corrected chi connectivity index (χ3v) is 9.62. The molecule has 1 saturated heterocycles. The lowest BCUT2D eigenvalue weighted by molar-refractivity contribution is -0.122. The van der Waals surface area contributed by atoms with Crippen LogP contribution in [0.4, 0.5) is 11.4 Å². The van der Waals surface area contributed by atoms with E-state index in [1.807, 2.05) is 48.5 Å². The molecule has 1 fully saturated rings. The molecule has 2 N–H and O–H groups in total. The maximum absolute atomic E-state index is 14.1. The Labute approximate surface area is 237 Å². The number of hydrogen-bond acceptors (Lipinski definition) is 4. The minimum Gasteiger partial charge on any atom is -0.478 e. The first-order valence-corrected chi connectivity index (χ1v) is 13.6. The van der Waals surface area contributed by atoms with Gasteiger partial charge in [0.1, 0.15) is 0 Å². The predicted octanol–water partition coefficient (Wildman–Crippen LogP) is 5.54. The lowest BCUT2D eigenvalue weighted by atomic mass is 9.55. The molecule has 3 amide bonds. The SMILES string of the molecule is O=C(O)c1cccc(NC(=O)c2ccc(N3C(=O)[C@@H]4C5c6ccccc6C(Br)(c6ccccc65)[C@H]4C3=O)cc2)c1. The minimum absolute atomic E-state index is 0.0588. The zero-order valence-electron chi connectivity index (χ0n) is 20.9. The Balaban J connectivity index is 1.22. The number of carboxylic acids is 1. The number of hydrogen-bond donors (Lipinski definition) is 2. The van der Waals surface area contributed by atoms with Crippen LogP contribution in [-0.4, -0.2) is 28.8 Å². The van der Waals surface area contributed by atoms with Gasteiger partial charge in [0.2, 0.25) is 11.8 Å². The first kappa shape index (κ1) is 24.5. The second-order valence-electron chi connectivity index (χ2n) is 10.3. The number of amides is 3. The Morgan fingerprint density at radius 2 is 1.40 bits per heavy atom. The fraction of sp³-hybridized carbons (Fsp3) is 0.125. The van der Waals surface area contributed by atoms with Crippen LogP contribution in [0.15, 0.2) is 97.1 Å². The van der Waals surface area contributed by atoms with Crippen LogP contribution < -0.4 is 10.2 Å². The molecule has 4 aromatic carbocycles. The van der Waals surface area contributed by atoms with Gasteiger partial charge in [0.25, 0.3) is 5.91 Å². The summed E-state index contributed by atoms with van der Waals surface area (Å²) in [6, 6.07) is 28.3. The molecule has 3 aliphatic carbocycles. The average molecular weight is 593 g/mol. The van der Waals surface area contributed by atoms with E-state index in [0.29, 0.717) is 16.9 Å². The van der Waals surface area contributed by atoms with Gasteiger partial charge in [0, 0.05) is 17.2 Å². The third-order valence-electron chi connectivity index (χ3n) is 8.27. The van der Waals surface area contributed by atoms with Crippen molar-refractivity contribution in [2.45, 2.75) is 10.2 Å². The summed E-state index contributed by atoms with van der Waals surface area (Å²) in [4.78, 5) is 53.4. The number of aromatic carboxylic acids is 1. The van der Waals surface area contributed by atoms with E-state index in [2.05, 4.69) is 21.2 Å². The maximum Gasteiger partial charge on any atom is 0.335 e. The van der Waals surface area contributed by atoms with E-state index < -0.39 is 28.0 Å². The number of carboxylic acid groups (broad SMARTS) is 1. The molecule has 7 nitrogen and oxygen atoms in total. The van der Waals surface area contributed by atoms with Gasteiger partial charge in [-0.3, -0.25) is 14.4 Å². The van der Waals surface area contributed by atoms with E-state index in [4.69, 9.17) is 0 Å². The van der Waals surface area contributed by atoms with Gasteiger partial charge in [-0.05, 0) is 64.7 Å². The first-order chi connectivity index (χ1) is 19.3. The van der Waals surface area contributed by atoms with Crippen LogP contribution in [0.3, 0.4) is 0 Å². The van der Waals surface area contributed by atoms with Crippen LogP contribution in [0, 0.1) is 11.8 Å². The summed E-state index contributed by atoms with van der Waals surface area (Å²) in [5, 5.41) is 11.9. The van der Waals surface area contributed by atoms with Crippen LogP contribution in [-0.2, 0) is 13.9 Å². The monoisotopic (exact) mass is 592 g/mol. The van der Waals surface area contributed by atoms with E-state index >= 15 is 0 Å². The van der Waals surface area contributed by atoms with E-state index in [1.165, 1.54) is 17.0 Å². The standard InChI is InChI=1S/C32H21BrN2O5/c33-32-23-10-3-1-8-21(23)25(22-9-2-4-11-24(22)32)26-27(32)30(38)35(29(26)37)20-14-12-17(13-15-20)28(36)34-19-7-5-6-18(16-19)31(39)40/h1-16,25-27H,(H,34,36)(H,39,40)/t25?,26-,27-,32?/m1/s1. The van der Waals surface area contributed by atoms with E-state index in [0.717, 1.165) is 22.3 Å². The van der Waals surface area contributed by atoms with Gasteiger partial charge in [-0.25, -0.2) is 9.69 Å². The van der Waals surface area contributed by atoms with Crippen LogP contribution in [0.2, 0.25) is 0 Å². The van der Waals surface area contributed by atoms with Crippen molar-refractivity contribution in [3.8, 4) is 0 Å². The highest BCUT2D eigenvalue weighted by Gasteiger charge is 2.67. The normalized spacial score (nSPS) is 23.8. The number of imide groups is 1. The molecule has 4 aliphatic rings. The average Bonchev–Trinajstić information content (AvgIpc) is 3.24. The second kappa shape index (κ2) is 8.72. The molecule has 1 heterocycles. The number of carbonyl (C=O) groups is 4. The molecule has 40 heavy (non-hydrogen) atoms. The van der Waals surface area contributed by atoms with Gasteiger partial charge in [-0.1, -0.05) is 70.5 Å². The van der Waals surface area contributed by atoms with E-state index in [-0.39, 0.29) is 23.3 Å². The summed E-state index contributed by atoms with van der Waals surface area (Å²) < 4.78 is -0.828. The topological polar surface area (TPSA) is 104 Å². The quantitative estimate of drug-likeness (QED) is 0.239. The lowest BCUT2D eigenvalue weighted by Crippen LogP contribution is -2.50. The number of carbonyl (C=O) groups excluding carboxylic acids is 3. The van der Waals surface area contributed by atoms with Crippen LogP contribution in [0.25, 0.3) is 0 Å². The highest BCUT2D eigenvalue weighted by atomic mass is 79.9. The minimum atomic E-state index is -1.09. The molecule has 0 radical (unpaired) electrons. The van der Waals surface area contributed by atoms with Gasteiger partial charge in [-0.15, -0.1) is 0 Å². The number of anilines is 2. The van der Waals surface area contributed by atoms with Crippen molar-refractivity contribution in [2.24, 2.45) is 11.8 Å². The fourth-order valence-electron chi connectivity index (χ4n) is 6.63. The van der Waals surface area contributed by atoms with Gasteiger partial charge in [0.15, 0.2) is 0 Å². The Hall–Kier alpha value is -4.56. The molecule has 1 aliphatic heterocycles. The summed E-state index contributed by atoms with van der Waals surface area (Å²) in [7, 11) is 0. The van der Waals surface area contributed by atoms with Crippen molar-refractivity contribution in [2.75, 3.05) is 10.2 Å². The Bertz CT molecular complexity index is 1720. The Kier molecular flexibility index (Phi) is 5.34. The summed E-state index contributed by atoms with van der Waals surface area (Å²) >= 11 is 3.99. The van der Waals surface area contributed by atoms with E-state index in [1.54, 1.807) is 36.4 Å². The van der Waals surface area contributed by atoms with Crippen LogP contribution in [0.1, 0.15) is 48.9 Å². The van der Waals surface area contributed by atoms with Crippen molar-refractivity contribution >= 4 is 51.0 Å². The van der Waals surface area contributed by atoms with Crippen LogP contribution in [0.5, 0.6) is 0 Å². The predicted molar refractivity (Wildman–Crippen MR) is 152 cm³/mol. The van der Waals surface area contributed by atoms with Gasteiger partial charge in [-0.2, -0.15) is 0 Å². The lowest BCUT2D eigenvalue weighted by Gasteiger charge is -2.51. The number of benzene rings is 4. The van der Waals surface area contributed by atoms with Crippen molar-refractivity contribution in [1.82, 2.24) is 0 Å². The number of alkyl halides is 1. The summed E-state index contributed by atoms with van der Waals surface area (Å²) in [6.45, 7) is 0. The summed E-state index contributed by atoms with van der Waals surface area (Å²) in [6.07, 6.45) is 0. The molecule has 2 atom stereocenters. The molecule has 4 aromatic rings. The summed E-state index contributed by atoms with van der Waals surface area (Å²) in [5.74, 6) is -3.46. The Morgan fingerprint density at radius 3 is 2.02 bits per heavy atom. The number of rotatable bonds is 4. The van der Waals surface area contributed by atoms with Crippen molar-refractivity contribution < 1.29 is 24.3 Å². The smallest absolute Gasteiger partial charge is 0.335 e. The molecular weight excluding hydrogens is 572 g/mol. The molecule has 0 saturated carbocycles. The number of nitrogens with one attached hydrogen (secondary N) is 1. The molecule has 8 heteroatoms. The van der Waals surface area contributed by atoms with E-state index in [9.17, 15) is 24.3 Å². The van der Waals surface area contributed by atoms with Gasteiger partial charge < -0.3 is 10.4 Å². The van der Waals surface area contributed by atoms with Gasteiger partial charge in [0.05, 0.1) is 27.4 Å². The zero-order chi connectivity index (χ0) is 27.8. The second-order valence-corrected chi connectivity index (χ2v) is 11.5. The molecule has 196 valence electrons. The number of nitrogens with zero attached hydrogens (tertiary/aromatic N) is 1. The Morgan fingerprint density at radius 1 is 0.775 bits per heavy atom. The van der Waals surface area contributed by atoms with Crippen molar-refractivity contribution in [3.63, 3.8) is 0 Å². The van der Waals surface area contributed by atoms with Crippen molar-refractivity contribution in [3.05, 3.63) is 130 Å². The molecule has 2 bridgehead atoms. The molecule has 0 aromatic heterocycles. The molecule has 0 spiro atoms. The number of halogens is 1. The summed E-state index contributed by atoms with van der Waals surface area (Å²) in [5.41, 5.74) is 5.26. The molecular formula is C32H21BrN2O5. The van der Waals surface area contributed by atoms with Crippen molar-refractivity contribution in [1.29, 1.82) is 0 Å². The zero-order valence-corrected chi connectivity index (χ0v) is 22.5. The highest BCUT2D eigenvalue weighted by molar-refractivity contribution is 9.09. The highest BCUT2D eigenvalue weighted by Crippen LogP contribution is 2.66. The largest absolute Gasteiger partial charge is 0.478 e. The first-order valence-electron chi connectivity index (χ1n) is 12.8. The third kappa shape index (κ3) is 3.29. The van der Waals surface area contributed by atoms with Gasteiger partial charge >= 0.3 is 5.97 Å². The van der Waals surface area contributed by atoms with Crippen LogP contribution >= 0.6 is 15.9 Å². The maximum atomic E-state index is 14.1. The molecule has 8 rings (SSSR count). The fourth-order valence-corrected chi connectivity index (χ4v) is 7.83.